The van der Waals surface area contributed by atoms with Crippen molar-refractivity contribution >= 4 is 62.3 Å². The third-order valence-electron chi connectivity index (χ3n) is 5.39. The van der Waals surface area contributed by atoms with Gasteiger partial charge in [-0.2, -0.15) is 0 Å². The van der Waals surface area contributed by atoms with E-state index in [-0.39, 0.29) is 37.7 Å². The number of hydrogen-bond donors (Lipinski definition) is 1. The molecule has 2 aromatic carbocycles. The fourth-order valence-electron chi connectivity index (χ4n) is 3.68. The first-order chi connectivity index (χ1) is 16.5. The predicted octanol–water partition coefficient (Wildman–Crippen LogP) is 5.14. The highest BCUT2D eigenvalue weighted by molar-refractivity contribution is 7.92. The van der Waals surface area contributed by atoms with Gasteiger partial charge in [-0.3, -0.25) is 13.9 Å². The van der Waals surface area contributed by atoms with Crippen LogP contribution in [0.15, 0.2) is 42.5 Å². The summed E-state index contributed by atoms with van der Waals surface area (Å²) in [5.74, 6) is -0.575. The highest BCUT2D eigenvalue weighted by Gasteiger charge is 2.29. The van der Waals surface area contributed by atoms with Gasteiger partial charge in [-0.05, 0) is 56.2 Å². The van der Waals surface area contributed by atoms with Gasteiger partial charge >= 0.3 is 0 Å². The third kappa shape index (κ3) is 8.27. The lowest BCUT2D eigenvalue weighted by atomic mass is 10.1. The Morgan fingerprint density at radius 1 is 1.00 bits per heavy atom. The highest BCUT2D eigenvalue weighted by atomic mass is 35.5. The molecule has 0 aliphatic heterocycles. The van der Waals surface area contributed by atoms with Gasteiger partial charge < -0.3 is 10.2 Å². The Balaban J connectivity index is 2.25. The molecule has 7 nitrogen and oxygen atoms in total. The van der Waals surface area contributed by atoms with Gasteiger partial charge in [0.2, 0.25) is 21.8 Å². The van der Waals surface area contributed by atoms with Crippen molar-refractivity contribution < 1.29 is 18.0 Å². The number of rotatable bonds is 12. The van der Waals surface area contributed by atoms with Gasteiger partial charge in [0.1, 0.15) is 6.04 Å². The Hall–Kier alpha value is -2.00. The molecule has 1 atom stereocenters. The molecule has 0 heterocycles. The van der Waals surface area contributed by atoms with Gasteiger partial charge in [0.15, 0.2) is 0 Å². The number of nitrogens with one attached hydrogen (secondary N) is 1. The van der Waals surface area contributed by atoms with E-state index in [4.69, 9.17) is 34.8 Å². The average Bonchev–Trinajstić information content (AvgIpc) is 2.78. The molecule has 0 unspecified atom stereocenters. The minimum absolute atomic E-state index is 0.0254. The van der Waals surface area contributed by atoms with Crippen molar-refractivity contribution in [2.24, 2.45) is 0 Å². The van der Waals surface area contributed by atoms with Gasteiger partial charge in [-0.1, -0.05) is 47.8 Å². The molecule has 0 saturated heterocycles. The number of carbonyl (C=O) groups excluding carboxylic acids is 2. The van der Waals surface area contributed by atoms with Crippen molar-refractivity contribution in [3.8, 4) is 0 Å². The maximum Gasteiger partial charge on any atom is 0.242 e. The quantitative estimate of drug-likeness (QED) is 0.388. The van der Waals surface area contributed by atoms with Crippen molar-refractivity contribution in [2.45, 2.75) is 45.7 Å². The molecule has 2 aromatic rings. The van der Waals surface area contributed by atoms with E-state index < -0.39 is 16.1 Å². The largest absolute Gasteiger partial charge is 0.355 e. The predicted molar refractivity (Wildman–Crippen MR) is 143 cm³/mol. The molecule has 0 fully saturated rings. The maximum atomic E-state index is 13.4. The Morgan fingerprint density at radius 3 is 2.11 bits per heavy atom. The molecule has 0 radical (unpaired) electrons. The first-order valence-corrected chi connectivity index (χ1v) is 14.2. The first-order valence-electron chi connectivity index (χ1n) is 11.2. The zero-order valence-electron chi connectivity index (χ0n) is 19.9. The molecular weight excluding hydrogens is 533 g/mol. The van der Waals surface area contributed by atoms with Gasteiger partial charge in [0.05, 0.1) is 11.9 Å². The molecule has 0 aromatic heterocycles. The smallest absolute Gasteiger partial charge is 0.242 e. The van der Waals surface area contributed by atoms with Crippen LogP contribution in [0.25, 0.3) is 0 Å². The Kier molecular flexibility index (Phi) is 11.1. The Bertz CT molecular complexity index is 1110. The number of benzene rings is 2. The molecule has 35 heavy (non-hydrogen) atoms. The van der Waals surface area contributed by atoms with Crippen LogP contribution in [0.1, 0.15) is 38.7 Å². The zero-order chi connectivity index (χ0) is 26.2. The lowest BCUT2D eigenvalue weighted by Gasteiger charge is -2.31. The summed E-state index contributed by atoms with van der Waals surface area (Å²) >= 11 is 18.6. The van der Waals surface area contributed by atoms with Crippen LogP contribution in [0.5, 0.6) is 0 Å². The van der Waals surface area contributed by atoms with E-state index in [9.17, 15) is 18.0 Å². The van der Waals surface area contributed by atoms with E-state index in [1.54, 1.807) is 49.4 Å². The van der Waals surface area contributed by atoms with Crippen molar-refractivity contribution in [2.75, 3.05) is 23.7 Å². The van der Waals surface area contributed by atoms with E-state index >= 15 is 0 Å². The minimum atomic E-state index is -3.58. The lowest BCUT2D eigenvalue weighted by molar-refractivity contribution is -0.141. The molecule has 0 saturated carbocycles. The van der Waals surface area contributed by atoms with Gasteiger partial charge in [-0.25, -0.2) is 8.42 Å². The van der Waals surface area contributed by atoms with Crippen molar-refractivity contribution in [3.05, 3.63) is 63.1 Å². The number of amides is 2. The maximum absolute atomic E-state index is 13.4. The van der Waals surface area contributed by atoms with Crippen LogP contribution in [-0.2, 0) is 26.2 Å². The summed E-state index contributed by atoms with van der Waals surface area (Å²) in [5.41, 5.74) is 1.00. The summed E-state index contributed by atoms with van der Waals surface area (Å²) in [7, 11) is -3.58. The van der Waals surface area contributed by atoms with Crippen LogP contribution < -0.4 is 9.62 Å². The molecular formula is C24H30Cl3N3O4S. The summed E-state index contributed by atoms with van der Waals surface area (Å²) in [4.78, 5) is 27.6. The lowest BCUT2D eigenvalue weighted by Crippen LogP contribution is -2.49. The number of carbonyl (C=O) groups is 2. The monoisotopic (exact) mass is 561 g/mol. The molecule has 2 rings (SSSR count). The van der Waals surface area contributed by atoms with Crippen molar-refractivity contribution in [1.29, 1.82) is 0 Å². The summed E-state index contributed by atoms with van der Waals surface area (Å²) in [5, 5.41) is 4.05. The average molecular weight is 563 g/mol. The standard InChI is InChI=1S/C24H30Cl3N3O4S/c1-4-22(24(32)28-5-2)29(16-19-20(26)8-6-9-21(19)27)23(31)10-7-15-30(35(3,33)34)18-13-11-17(25)12-14-18/h6,8-9,11-14,22H,4-5,7,10,15-16H2,1-3H3,(H,28,32)/t22-/m1/s1. The molecule has 192 valence electrons. The number of likely N-dealkylation sites (N-methyl/N-ethyl adjacent to an activating group) is 1. The van der Waals surface area contributed by atoms with Crippen LogP contribution >= 0.6 is 34.8 Å². The molecule has 2 amide bonds. The highest BCUT2D eigenvalue weighted by Crippen LogP contribution is 2.27. The number of sulfonamides is 1. The number of hydrogen-bond acceptors (Lipinski definition) is 4. The van der Waals surface area contributed by atoms with Gasteiger partial charge in [0.25, 0.3) is 0 Å². The summed E-state index contributed by atoms with van der Waals surface area (Å²) in [6.45, 7) is 4.19. The molecule has 1 N–H and O–H groups in total. The van der Waals surface area contributed by atoms with Crippen LogP contribution in [-0.4, -0.2) is 50.5 Å². The van der Waals surface area contributed by atoms with Crippen LogP contribution in [0.3, 0.4) is 0 Å². The van der Waals surface area contributed by atoms with Crippen molar-refractivity contribution in [3.63, 3.8) is 0 Å². The van der Waals surface area contributed by atoms with E-state index in [0.29, 0.717) is 39.3 Å². The van der Waals surface area contributed by atoms with E-state index in [1.807, 2.05) is 6.92 Å². The zero-order valence-corrected chi connectivity index (χ0v) is 23.0. The second kappa shape index (κ2) is 13.3. The van der Waals surface area contributed by atoms with E-state index in [1.165, 1.54) is 9.21 Å². The molecule has 0 aliphatic rings. The molecule has 11 heteroatoms. The van der Waals surface area contributed by atoms with Gasteiger partial charge in [-0.15, -0.1) is 0 Å². The first kappa shape index (κ1) is 29.2. The SMILES string of the molecule is CCNC(=O)[C@@H](CC)N(Cc1c(Cl)cccc1Cl)C(=O)CCCN(c1ccc(Cl)cc1)S(C)(=O)=O. The molecule has 0 bridgehead atoms. The second-order valence-electron chi connectivity index (χ2n) is 7.96. The minimum Gasteiger partial charge on any atom is -0.355 e. The fourth-order valence-corrected chi connectivity index (χ4v) is 5.28. The second-order valence-corrected chi connectivity index (χ2v) is 11.1. The van der Waals surface area contributed by atoms with E-state index in [2.05, 4.69) is 5.32 Å². The number of nitrogens with zero attached hydrogens (tertiary/aromatic N) is 2. The normalized spacial score (nSPS) is 12.2. The summed E-state index contributed by atoms with van der Waals surface area (Å²) < 4.78 is 26.0. The van der Waals surface area contributed by atoms with Crippen LogP contribution in [0.4, 0.5) is 5.69 Å². The van der Waals surface area contributed by atoms with Crippen LogP contribution in [0, 0.1) is 0 Å². The number of halogens is 3. The topological polar surface area (TPSA) is 86.8 Å². The Morgan fingerprint density at radius 2 is 1.60 bits per heavy atom. The summed E-state index contributed by atoms with van der Waals surface area (Å²) in [6.07, 6.45) is 1.77. The fraction of sp³-hybridized carbons (Fsp3) is 0.417. The van der Waals surface area contributed by atoms with Crippen molar-refractivity contribution in [1.82, 2.24) is 10.2 Å². The van der Waals surface area contributed by atoms with E-state index in [0.717, 1.165) is 6.26 Å². The van der Waals surface area contributed by atoms with Gasteiger partial charge in [0, 0.05) is 46.7 Å². The molecule has 0 spiro atoms. The Labute approximate surface area is 222 Å². The van der Waals surface area contributed by atoms with Crippen LogP contribution in [0.2, 0.25) is 15.1 Å². The number of anilines is 1. The summed E-state index contributed by atoms with van der Waals surface area (Å²) in [6, 6.07) is 10.8. The third-order valence-corrected chi connectivity index (χ3v) is 7.55. The molecule has 0 aliphatic carbocycles.